The average Bonchev–Trinajstić information content (AvgIpc) is 2.22. The highest BCUT2D eigenvalue weighted by atomic mass is 16.5. The highest BCUT2D eigenvalue weighted by molar-refractivity contribution is 5.73. The van der Waals surface area contributed by atoms with Gasteiger partial charge in [0.1, 0.15) is 0 Å². The maximum atomic E-state index is 11.7. The molecule has 0 N–H and O–H groups in total. The van der Waals surface area contributed by atoms with Gasteiger partial charge in [0.2, 0.25) is 0 Å². The van der Waals surface area contributed by atoms with Crippen LogP contribution in [0.5, 0.6) is 0 Å². The lowest BCUT2D eigenvalue weighted by Crippen LogP contribution is -2.21. The third-order valence-electron chi connectivity index (χ3n) is 3.22. The van der Waals surface area contributed by atoms with E-state index < -0.39 is 0 Å². The Hall–Kier alpha value is -0.790. The molecule has 0 heterocycles. The van der Waals surface area contributed by atoms with E-state index in [0.29, 0.717) is 6.61 Å². The summed E-state index contributed by atoms with van der Waals surface area (Å²) in [7, 11) is 0. The molecule has 15 heavy (non-hydrogen) atoms. The number of ether oxygens (including phenoxy) is 1. The number of carbonyl (C=O) groups is 1. The predicted octanol–water partition coefficient (Wildman–Crippen LogP) is 3.47. The molecule has 2 nitrogen and oxygen atoms in total. The summed E-state index contributed by atoms with van der Waals surface area (Å²) >= 11 is 0. The van der Waals surface area contributed by atoms with E-state index in [4.69, 9.17) is 4.74 Å². The number of allylic oxidation sites excluding steroid dienone is 2. The van der Waals surface area contributed by atoms with Crippen molar-refractivity contribution in [2.24, 2.45) is 5.92 Å². The first kappa shape index (κ1) is 12.3. The van der Waals surface area contributed by atoms with Crippen LogP contribution in [0.2, 0.25) is 0 Å². The molecule has 0 spiro atoms. The molecular formula is C13H22O2. The van der Waals surface area contributed by atoms with Gasteiger partial charge in [0.05, 0.1) is 12.5 Å². The van der Waals surface area contributed by atoms with E-state index in [-0.39, 0.29) is 11.9 Å². The van der Waals surface area contributed by atoms with Gasteiger partial charge in [-0.05, 0) is 39.5 Å². The Balaban J connectivity index is 2.36. The molecule has 86 valence electrons. The number of hydrogen-bond donors (Lipinski definition) is 0. The Labute approximate surface area is 92.7 Å². The molecule has 0 aromatic carbocycles. The van der Waals surface area contributed by atoms with Crippen molar-refractivity contribution in [1.82, 2.24) is 0 Å². The van der Waals surface area contributed by atoms with Gasteiger partial charge in [-0.2, -0.15) is 0 Å². The monoisotopic (exact) mass is 210 g/mol. The molecule has 0 unspecified atom stereocenters. The van der Waals surface area contributed by atoms with Crippen molar-refractivity contribution >= 4 is 5.97 Å². The van der Waals surface area contributed by atoms with Gasteiger partial charge >= 0.3 is 5.97 Å². The minimum Gasteiger partial charge on any atom is -0.465 e. The minimum atomic E-state index is 0.00954. The molecular weight excluding hydrogens is 188 g/mol. The van der Waals surface area contributed by atoms with Crippen LogP contribution in [0.15, 0.2) is 11.1 Å². The van der Waals surface area contributed by atoms with Crippen LogP contribution in [0.25, 0.3) is 0 Å². The fraction of sp³-hybridized carbons (Fsp3) is 0.769. The Morgan fingerprint density at radius 1 is 1.40 bits per heavy atom. The number of esters is 1. The van der Waals surface area contributed by atoms with Crippen molar-refractivity contribution < 1.29 is 9.53 Å². The molecule has 0 aromatic heterocycles. The molecule has 0 aromatic rings. The van der Waals surface area contributed by atoms with Crippen LogP contribution in [-0.2, 0) is 9.53 Å². The Kier molecular flexibility index (Phi) is 4.86. The highest BCUT2D eigenvalue weighted by Gasteiger charge is 2.24. The normalized spacial score (nSPS) is 21.7. The second-order valence-corrected chi connectivity index (χ2v) is 4.52. The Morgan fingerprint density at radius 2 is 2.13 bits per heavy atom. The molecule has 2 heteroatoms. The van der Waals surface area contributed by atoms with Crippen LogP contribution in [-0.4, -0.2) is 12.6 Å². The van der Waals surface area contributed by atoms with Crippen molar-refractivity contribution in [2.45, 2.75) is 52.9 Å². The fourth-order valence-corrected chi connectivity index (χ4v) is 1.89. The van der Waals surface area contributed by atoms with Gasteiger partial charge in [0, 0.05) is 0 Å². The second kappa shape index (κ2) is 5.94. The molecule has 0 saturated heterocycles. The largest absolute Gasteiger partial charge is 0.465 e. The zero-order valence-electron chi connectivity index (χ0n) is 10.1. The lowest BCUT2D eigenvalue weighted by atomic mass is 9.85. The SMILES string of the molecule is CCCCOC(=O)[C@@H]1CCC(C)=C(C)C1. The molecule has 1 aliphatic rings. The predicted molar refractivity (Wildman–Crippen MR) is 61.6 cm³/mol. The maximum Gasteiger partial charge on any atom is 0.309 e. The van der Waals surface area contributed by atoms with Gasteiger partial charge in [-0.15, -0.1) is 0 Å². The zero-order chi connectivity index (χ0) is 11.3. The van der Waals surface area contributed by atoms with E-state index in [1.165, 1.54) is 11.1 Å². The first-order valence-corrected chi connectivity index (χ1v) is 5.97. The molecule has 0 aliphatic heterocycles. The highest BCUT2D eigenvalue weighted by Crippen LogP contribution is 2.29. The second-order valence-electron chi connectivity index (χ2n) is 4.52. The maximum absolute atomic E-state index is 11.7. The smallest absolute Gasteiger partial charge is 0.309 e. The molecule has 0 radical (unpaired) electrons. The van der Waals surface area contributed by atoms with Crippen LogP contribution in [0.1, 0.15) is 52.9 Å². The van der Waals surface area contributed by atoms with Crippen LogP contribution in [0, 0.1) is 5.92 Å². The quantitative estimate of drug-likeness (QED) is 0.403. The third-order valence-corrected chi connectivity index (χ3v) is 3.22. The molecule has 1 rings (SSSR count). The molecule has 1 aliphatic carbocycles. The van der Waals surface area contributed by atoms with Crippen LogP contribution < -0.4 is 0 Å². The van der Waals surface area contributed by atoms with Gasteiger partial charge in [0.25, 0.3) is 0 Å². The summed E-state index contributed by atoms with van der Waals surface area (Å²) in [6.45, 7) is 6.98. The summed E-state index contributed by atoms with van der Waals surface area (Å²) in [5, 5.41) is 0. The fourth-order valence-electron chi connectivity index (χ4n) is 1.89. The summed E-state index contributed by atoms with van der Waals surface area (Å²) in [4.78, 5) is 11.7. The summed E-state index contributed by atoms with van der Waals surface area (Å²) < 4.78 is 5.24. The van der Waals surface area contributed by atoms with Crippen LogP contribution >= 0.6 is 0 Å². The van der Waals surface area contributed by atoms with E-state index in [0.717, 1.165) is 32.1 Å². The van der Waals surface area contributed by atoms with Crippen LogP contribution in [0.3, 0.4) is 0 Å². The number of rotatable bonds is 4. The Morgan fingerprint density at radius 3 is 2.73 bits per heavy atom. The van der Waals surface area contributed by atoms with E-state index in [1.54, 1.807) is 0 Å². The summed E-state index contributed by atoms with van der Waals surface area (Å²) in [6.07, 6.45) is 4.98. The average molecular weight is 210 g/mol. The van der Waals surface area contributed by atoms with E-state index in [2.05, 4.69) is 20.8 Å². The summed E-state index contributed by atoms with van der Waals surface area (Å²) in [5.74, 6) is 0.126. The Bertz CT molecular complexity index is 253. The number of hydrogen-bond acceptors (Lipinski definition) is 2. The van der Waals surface area contributed by atoms with Gasteiger partial charge in [-0.1, -0.05) is 24.5 Å². The van der Waals surface area contributed by atoms with Gasteiger partial charge in [-0.25, -0.2) is 0 Å². The lowest BCUT2D eigenvalue weighted by Gasteiger charge is -2.22. The van der Waals surface area contributed by atoms with E-state index >= 15 is 0 Å². The van der Waals surface area contributed by atoms with Gasteiger partial charge < -0.3 is 4.74 Å². The van der Waals surface area contributed by atoms with Crippen molar-refractivity contribution in [1.29, 1.82) is 0 Å². The topological polar surface area (TPSA) is 26.3 Å². The molecule has 0 amide bonds. The third kappa shape index (κ3) is 3.69. The van der Waals surface area contributed by atoms with Gasteiger partial charge in [0.15, 0.2) is 0 Å². The zero-order valence-corrected chi connectivity index (χ0v) is 10.1. The van der Waals surface area contributed by atoms with E-state index in [1.807, 2.05) is 0 Å². The molecule has 1 atom stereocenters. The lowest BCUT2D eigenvalue weighted by molar-refractivity contribution is -0.149. The first-order valence-electron chi connectivity index (χ1n) is 5.97. The van der Waals surface area contributed by atoms with Crippen LogP contribution in [0.4, 0.5) is 0 Å². The first-order chi connectivity index (χ1) is 7.15. The van der Waals surface area contributed by atoms with Crippen molar-refractivity contribution in [3.05, 3.63) is 11.1 Å². The molecule has 0 bridgehead atoms. The standard InChI is InChI=1S/C13H22O2/c1-4-5-8-15-13(14)12-7-6-10(2)11(3)9-12/h12H,4-9H2,1-3H3/t12-/m1/s1. The van der Waals surface area contributed by atoms with Crippen molar-refractivity contribution in [3.8, 4) is 0 Å². The van der Waals surface area contributed by atoms with E-state index in [9.17, 15) is 4.79 Å². The minimum absolute atomic E-state index is 0.00954. The van der Waals surface area contributed by atoms with Gasteiger partial charge in [-0.3, -0.25) is 4.79 Å². The number of unbranched alkanes of at least 4 members (excludes halogenated alkanes) is 1. The molecule has 0 fully saturated rings. The number of carbonyl (C=O) groups excluding carboxylic acids is 1. The summed E-state index contributed by atoms with van der Waals surface area (Å²) in [6, 6.07) is 0. The van der Waals surface area contributed by atoms with Crippen molar-refractivity contribution in [2.75, 3.05) is 6.61 Å². The summed E-state index contributed by atoms with van der Waals surface area (Å²) in [5.41, 5.74) is 2.83. The van der Waals surface area contributed by atoms with Crippen molar-refractivity contribution in [3.63, 3.8) is 0 Å². The molecule has 0 saturated carbocycles.